The van der Waals surface area contributed by atoms with E-state index in [1.165, 1.54) is 3.58 Å². The molecule has 0 saturated heterocycles. The highest BCUT2D eigenvalue weighted by Gasteiger charge is 1.74. The first kappa shape index (κ1) is 8.16. The maximum absolute atomic E-state index is 2.99. The normalized spacial score (nSPS) is 12.1. The minimum atomic E-state index is 0.968. The van der Waals surface area contributed by atoms with Crippen LogP contribution < -0.4 is 3.53 Å². The lowest BCUT2D eigenvalue weighted by molar-refractivity contribution is 1.17. The minimum Gasteiger partial charge on any atom is -0.257 e. The van der Waals surface area contributed by atoms with E-state index in [1.54, 1.807) is 0 Å². The van der Waals surface area contributed by atoms with Gasteiger partial charge in [-0.15, -0.1) is 0 Å². The van der Waals surface area contributed by atoms with Gasteiger partial charge in [0.1, 0.15) is 0 Å². The molecule has 0 spiro atoms. The lowest BCUT2D eigenvalue weighted by Crippen LogP contribution is -1.94. The van der Waals surface area contributed by atoms with E-state index in [2.05, 4.69) is 62.0 Å². The third-order valence-electron chi connectivity index (χ3n) is 0.460. The van der Waals surface area contributed by atoms with Crippen molar-refractivity contribution < 1.29 is 0 Å². The van der Waals surface area contributed by atoms with Gasteiger partial charge in [-0.05, 0) is 33.1 Å². The molecule has 0 atom stereocenters. The number of hydrogen-bond donors (Lipinski definition) is 1. The first-order chi connectivity index (χ1) is 3.27. The van der Waals surface area contributed by atoms with Crippen LogP contribution in [0.25, 0.3) is 0 Å². The van der Waals surface area contributed by atoms with Crippen molar-refractivity contribution >= 4 is 45.5 Å². The van der Waals surface area contributed by atoms with Crippen LogP contribution in [0.3, 0.4) is 0 Å². The Morgan fingerprint density at radius 3 is 2.57 bits per heavy atom. The SMILES string of the molecule is C/C(I)=C/CNI. The van der Waals surface area contributed by atoms with Crippen LogP contribution in [0.1, 0.15) is 6.92 Å². The van der Waals surface area contributed by atoms with Crippen LogP contribution in [0.2, 0.25) is 0 Å². The predicted octanol–water partition coefficient (Wildman–Crippen LogP) is 2.26. The van der Waals surface area contributed by atoms with Gasteiger partial charge in [-0.1, -0.05) is 6.08 Å². The fourth-order valence-electron chi connectivity index (χ4n) is 0.179. The maximum Gasteiger partial charge on any atom is 0.0241 e. The largest absolute Gasteiger partial charge is 0.257 e. The van der Waals surface area contributed by atoms with Crippen molar-refractivity contribution in [2.45, 2.75) is 6.92 Å². The predicted molar refractivity (Wildman–Crippen MR) is 49.8 cm³/mol. The van der Waals surface area contributed by atoms with Gasteiger partial charge in [-0.2, -0.15) is 0 Å². The Morgan fingerprint density at radius 1 is 1.86 bits per heavy atom. The van der Waals surface area contributed by atoms with Crippen molar-refractivity contribution in [3.8, 4) is 0 Å². The summed E-state index contributed by atoms with van der Waals surface area (Å²) >= 11 is 4.41. The average Bonchev–Trinajstić information content (AvgIpc) is 1.61. The highest BCUT2D eigenvalue weighted by molar-refractivity contribution is 14.1. The van der Waals surface area contributed by atoms with E-state index >= 15 is 0 Å². The molecule has 0 aromatic rings. The molecule has 0 aliphatic carbocycles. The molecule has 0 bridgehead atoms. The summed E-state index contributed by atoms with van der Waals surface area (Å²) in [7, 11) is 0. The van der Waals surface area contributed by atoms with Crippen molar-refractivity contribution in [2.75, 3.05) is 6.54 Å². The number of allylic oxidation sites excluding steroid dienone is 1. The van der Waals surface area contributed by atoms with Gasteiger partial charge in [0.05, 0.1) is 0 Å². The summed E-state index contributed by atoms with van der Waals surface area (Å²) in [5, 5.41) is 0. The molecular formula is C4H7I2N. The van der Waals surface area contributed by atoms with Crippen LogP contribution >= 0.6 is 45.5 Å². The summed E-state index contributed by atoms with van der Waals surface area (Å²) in [5.41, 5.74) is 0. The number of rotatable bonds is 2. The summed E-state index contributed by atoms with van der Waals surface area (Å²) in [6.07, 6.45) is 2.13. The van der Waals surface area contributed by atoms with E-state index in [0.717, 1.165) is 6.54 Å². The van der Waals surface area contributed by atoms with Gasteiger partial charge in [0.15, 0.2) is 0 Å². The summed E-state index contributed by atoms with van der Waals surface area (Å²) in [6, 6.07) is 0. The zero-order chi connectivity index (χ0) is 5.70. The topological polar surface area (TPSA) is 12.0 Å². The smallest absolute Gasteiger partial charge is 0.0241 e. The maximum atomic E-state index is 2.99. The number of nitrogens with one attached hydrogen (secondary N) is 1. The lowest BCUT2D eigenvalue weighted by Gasteiger charge is -1.84. The fraction of sp³-hybridized carbons (Fsp3) is 0.500. The second-order valence-corrected chi connectivity index (χ2v) is 3.59. The highest BCUT2D eigenvalue weighted by atomic mass is 127. The van der Waals surface area contributed by atoms with Crippen molar-refractivity contribution in [1.29, 1.82) is 0 Å². The van der Waals surface area contributed by atoms with Gasteiger partial charge in [0.2, 0.25) is 0 Å². The Labute approximate surface area is 71.6 Å². The second kappa shape index (κ2) is 5.30. The van der Waals surface area contributed by atoms with Gasteiger partial charge in [-0.3, -0.25) is 3.53 Å². The second-order valence-electron chi connectivity index (χ2n) is 1.13. The molecule has 7 heavy (non-hydrogen) atoms. The van der Waals surface area contributed by atoms with Crippen LogP contribution in [0.15, 0.2) is 9.66 Å². The molecule has 0 aromatic carbocycles. The summed E-state index contributed by atoms with van der Waals surface area (Å²) in [4.78, 5) is 0. The molecule has 3 heteroatoms. The molecular weight excluding hydrogens is 316 g/mol. The molecule has 0 aliphatic heterocycles. The molecule has 0 saturated carbocycles. The van der Waals surface area contributed by atoms with Gasteiger partial charge >= 0.3 is 0 Å². The lowest BCUT2D eigenvalue weighted by atomic mass is 10.5. The molecule has 0 fully saturated rings. The molecule has 0 unspecified atom stereocenters. The zero-order valence-electron chi connectivity index (χ0n) is 4.04. The number of hydrogen-bond acceptors (Lipinski definition) is 1. The quantitative estimate of drug-likeness (QED) is 0.607. The first-order valence-electron chi connectivity index (χ1n) is 1.93. The van der Waals surface area contributed by atoms with Crippen LogP contribution in [0.4, 0.5) is 0 Å². The van der Waals surface area contributed by atoms with Crippen LogP contribution in [-0.2, 0) is 0 Å². The Hall–Kier alpha value is 1.16. The van der Waals surface area contributed by atoms with E-state index < -0.39 is 0 Å². The van der Waals surface area contributed by atoms with E-state index in [9.17, 15) is 0 Å². The highest BCUT2D eigenvalue weighted by Crippen LogP contribution is 2.00. The van der Waals surface area contributed by atoms with Crippen molar-refractivity contribution in [3.63, 3.8) is 0 Å². The standard InChI is InChI=1S/C4H7I2N/c1-4(5)2-3-7-6/h2,7H,3H2,1H3/b4-2-. The third kappa shape index (κ3) is 7.16. The summed E-state index contributed by atoms with van der Waals surface area (Å²) in [5.74, 6) is 0. The van der Waals surface area contributed by atoms with Crippen LogP contribution in [0, 0.1) is 0 Å². The Morgan fingerprint density at radius 2 is 2.43 bits per heavy atom. The summed E-state index contributed by atoms with van der Waals surface area (Å²) < 4.78 is 4.32. The van der Waals surface area contributed by atoms with Gasteiger partial charge in [-0.25, -0.2) is 0 Å². The molecule has 0 rings (SSSR count). The van der Waals surface area contributed by atoms with Crippen LogP contribution in [-0.4, -0.2) is 6.54 Å². The number of halogens is 2. The van der Waals surface area contributed by atoms with Gasteiger partial charge in [0.25, 0.3) is 0 Å². The Bertz CT molecular complexity index is 66.1. The third-order valence-corrected chi connectivity index (χ3v) is 1.34. The minimum absolute atomic E-state index is 0.968. The average molecular weight is 323 g/mol. The van der Waals surface area contributed by atoms with E-state index in [-0.39, 0.29) is 0 Å². The molecule has 1 nitrogen and oxygen atoms in total. The molecule has 1 N–H and O–H groups in total. The molecule has 0 radical (unpaired) electrons. The Kier molecular flexibility index (Phi) is 6.18. The molecule has 0 heterocycles. The van der Waals surface area contributed by atoms with Crippen molar-refractivity contribution in [2.24, 2.45) is 0 Å². The van der Waals surface area contributed by atoms with E-state index in [0.29, 0.717) is 0 Å². The van der Waals surface area contributed by atoms with Crippen molar-refractivity contribution in [3.05, 3.63) is 9.66 Å². The fourth-order valence-corrected chi connectivity index (χ4v) is 0.620. The van der Waals surface area contributed by atoms with E-state index in [4.69, 9.17) is 0 Å². The summed E-state index contributed by atoms with van der Waals surface area (Å²) in [6.45, 7) is 3.05. The molecule has 0 aromatic heterocycles. The van der Waals surface area contributed by atoms with Gasteiger partial charge in [0, 0.05) is 29.4 Å². The van der Waals surface area contributed by atoms with Gasteiger partial charge < -0.3 is 0 Å². The Balaban J connectivity index is 3.08. The van der Waals surface area contributed by atoms with E-state index in [1.807, 2.05) is 0 Å². The zero-order valence-corrected chi connectivity index (χ0v) is 8.36. The first-order valence-corrected chi connectivity index (χ1v) is 4.09. The molecule has 0 amide bonds. The van der Waals surface area contributed by atoms with Crippen LogP contribution in [0.5, 0.6) is 0 Å². The molecule has 0 aliphatic rings. The molecule has 42 valence electrons. The monoisotopic (exact) mass is 323 g/mol. The van der Waals surface area contributed by atoms with Crippen molar-refractivity contribution in [1.82, 2.24) is 3.53 Å².